The van der Waals surface area contributed by atoms with Gasteiger partial charge in [-0.05, 0) is 41.8 Å². The topological polar surface area (TPSA) is 29.5 Å². The number of benzene rings is 2. The molecule has 2 aromatic carbocycles. The fourth-order valence-corrected chi connectivity index (χ4v) is 1.87. The van der Waals surface area contributed by atoms with E-state index >= 15 is 0 Å². The third-order valence-electron chi connectivity index (χ3n) is 2.64. The first-order valence-electron chi connectivity index (χ1n) is 5.44. The maximum Gasteiger partial charge on any atom is 0.119 e. The van der Waals surface area contributed by atoms with E-state index in [1.807, 2.05) is 18.2 Å². The molecule has 0 aromatic heterocycles. The molecule has 2 heteroatoms. The van der Waals surface area contributed by atoms with Crippen molar-refractivity contribution >= 4 is 10.8 Å². The molecule has 0 radical (unpaired) electrons. The Morgan fingerprint density at radius 3 is 2.56 bits per heavy atom. The first-order valence-corrected chi connectivity index (χ1v) is 5.44. The SMILES string of the molecule is COc1ccc2ccc(CC(C)O)cc2c1. The van der Waals surface area contributed by atoms with Crippen LogP contribution in [0.4, 0.5) is 0 Å². The first-order chi connectivity index (χ1) is 7.69. The molecule has 0 heterocycles. The van der Waals surface area contributed by atoms with Gasteiger partial charge < -0.3 is 9.84 Å². The molecule has 1 atom stereocenters. The molecule has 2 rings (SSSR count). The molecule has 84 valence electrons. The average molecular weight is 216 g/mol. The summed E-state index contributed by atoms with van der Waals surface area (Å²) < 4.78 is 5.19. The Bertz CT molecular complexity index is 489. The highest BCUT2D eigenvalue weighted by Gasteiger charge is 2.01. The van der Waals surface area contributed by atoms with Crippen LogP contribution in [0.5, 0.6) is 5.75 Å². The minimum atomic E-state index is -0.303. The Hall–Kier alpha value is -1.54. The first kappa shape index (κ1) is 11.0. The number of aliphatic hydroxyl groups excluding tert-OH is 1. The van der Waals surface area contributed by atoms with Crippen LogP contribution in [0.15, 0.2) is 36.4 Å². The second-order valence-corrected chi connectivity index (χ2v) is 4.10. The van der Waals surface area contributed by atoms with Crippen molar-refractivity contribution in [2.45, 2.75) is 19.4 Å². The largest absolute Gasteiger partial charge is 0.497 e. The average Bonchev–Trinajstić information content (AvgIpc) is 2.27. The summed E-state index contributed by atoms with van der Waals surface area (Å²) >= 11 is 0. The zero-order valence-electron chi connectivity index (χ0n) is 9.60. The third-order valence-corrected chi connectivity index (χ3v) is 2.64. The van der Waals surface area contributed by atoms with E-state index < -0.39 is 0 Å². The number of rotatable bonds is 3. The van der Waals surface area contributed by atoms with Crippen LogP contribution in [0, 0.1) is 0 Å². The number of hydrogen-bond donors (Lipinski definition) is 1. The van der Waals surface area contributed by atoms with Crippen molar-refractivity contribution in [3.8, 4) is 5.75 Å². The molecule has 1 unspecified atom stereocenters. The lowest BCUT2D eigenvalue weighted by molar-refractivity contribution is 0.195. The highest BCUT2D eigenvalue weighted by atomic mass is 16.5. The van der Waals surface area contributed by atoms with E-state index in [0.717, 1.165) is 16.7 Å². The van der Waals surface area contributed by atoms with Gasteiger partial charge in [-0.1, -0.05) is 24.3 Å². The van der Waals surface area contributed by atoms with E-state index in [-0.39, 0.29) is 6.10 Å². The molecule has 0 spiro atoms. The van der Waals surface area contributed by atoms with Gasteiger partial charge in [-0.2, -0.15) is 0 Å². The Labute approximate surface area is 95.5 Å². The molecule has 0 saturated carbocycles. The van der Waals surface area contributed by atoms with Crippen molar-refractivity contribution < 1.29 is 9.84 Å². The van der Waals surface area contributed by atoms with Crippen LogP contribution in [0.25, 0.3) is 10.8 Å². The minimum Gasteiger partial charge on any atom is -0.497 e. The number of ether oxygens (including phenoxy) is 1. The van der Waals surface area contributed by atoms with Crippen LogP contribution in [-0.2, 0) is 6.42 Å². The van der Waals surface area contributed by atoms with E-state index in [0.29, 0.717) is 6.42 Å². The summed E-state index contributed by atoms with van der Waals surface area (Å²) in [6, 6.07) is 12.2. The maximum absolute atomic E-state index is 9.35. The molecule has 2 aromatic rings. The summed E-state index contributed by atoms with van der Waals surface area (Å²) in [6.07, 6.45) is 0.385. The number of hydrogen-bond acceptors (Lipinski definition) is 2. The molecule has 0 bridgehead atoms. The van der Waals surface area contributed by atoms with Gasteiger partial charge in [0, 0.05) is 0 Å². The fraction of sp³-hybridized carbons (Fsp3) is 0.286. The van der Waals surface area contributed by atoms with Gasteiger partial charge in [0.2, 0.25) is 0 Å². The summed E-state index contributed by atoms with van der Waals surface area (Å²) in [5, 5.41) is 11.7. The van der Waals surface area contributed by atoms with Gasteiger partial charge in [-0.25, -0.2) is 0 Å². The molecule has 2 nitrogen and oxygen atoms in total. The smallest absolute Gasteiger partial charge is 0.119 e. The summed E-state index contributed by atoms with van der Waals surface area (Å²) in [5.41, 5.74) is 1.15. The molecular formula is C14H16O2. The summed E-state index contributed by atoms with van der Waals surface area (Å²) in [6.45, 7) is 1.80. The van der Waals surface area contributed by atoms with Crippen LogP contribution in [-0.4, -0.2) is 18.3 Å². The Balaban J connectivity index is 2.42. The van der Waals surface area contributed by atoms with E-state index in [1.165, 1.54) is 5.39 Å². The van der Waals surface area contributed by atoms with Crippen LogP contribution >= 0.6 is 0 Å². The molecule has 0 fully saturated rings. The summed E-state index contributed by atoms with van der Waals surface area (Å²) in [4.78, 5) is 0. The number of methoxy groups -OCH3 is 1. The number of aliphatic hydroxyl groups is 1. The van der Waals surface area contributed by atoms with Gasteiger partial charge in [0.05, 0.1) is 13.2 Å². The highest BCUT2D eigenvalue weighted by molar-refractivity contribution is 5.84. The zero-order chi connectivity index (χ0) is 11.5. The Morgan fingerprint density at radius 2 is 1.88 bits per heavy atom. The molecule has 1 N–H and O–H groups in total. The lowest BCUT2D eigenvalue weighted by Gasteiger charge is -2.07. The minimum absolute atomic E-state index is 0.303. The molecular weight excluding hydrogens is 200 g/mol. The van der Waals surface area contributed by atoms with Gasteiger partial charge >= 0.3 is 0 Å². The molecule has 16 heavy (non-hydrogen) atoms. The van der Waals surface area contributed by atoms with Gasteiger partial charge in [0.25, 0.3) is 0 Å². The standard InChI is InChI=1S/C14H16O2/c1-10(15)7-11-3-4-12-5-6-14(16-2)9-13(12)8-11/h3-6,8-10,15H,7H2,1-2H3. The number of fused-ring (bicyclic) bond motifs is 1. The zero-order valence-corrected chi connectivity index (χ0v) is 9.60. The Morgan fingerprint density at radius 1 is 1.12 bits per heavy atom. The van der Waals surface area contributed by atoms with Crippen molar-refractivity contribution in [1.29, 1.82) is 0 Å². The van der Waals surface area contributed by atoms with E-state index in [9.17, 15) is 5.11 Å². The maximum atomic E-state index is 9.35. The fourth-order valence-electron chi connectivity index (χ4n) is 1.87. The van der Waals surface area contributed by atoms with Crippen LogP contribution in [0.3, 0.4) is 0 Å². The predicted octanol–water partition coefficient (Wildman–Crippen LogP) is 2.77. The van der Waals surface area contributed by atoms with Gasteiger partial charge in [-0.15, -0.1) is 0 Å². The van der Waals surface area contributed by atoms with E-state index in [1.54, 1.807) is 14.0 Å². The lowest BCUT2D eigenvalue weighted by atomic mass is 10.0. The van der Waals surface area contributed by atoms with Gasteiger partial charge in [0.15, 0.2) is 0 Å². The molecule has 0 saturated heterocycles. The van der Waals surface area contributed by atoms with Gasteiger partial charge in [-0.3, -0.25) is 0 Å². The molecule has 0 aliphatic heterocycles. The monoisotopic (exact) mass is 216 g/mol. The highest BCUT2D eigenvalue weighted by Crippen LogP contribution is 2.22. The second-order valence-electron chi connectivity index (χ2n) is 4.10. The normalized spacial score (nSPS) is 12.7. The van der Waals surface area contributed by atoms with Crippen molar-refractivity contribution in [2.75, 3.05) is 7.11 Å². The Kier molecular flexibility index (Phi) is 3.11. The van der Waals surface area contributed by atoms with Crippen molar-refractivity contribution in [2.24, 2.45) is 0 Å². The van der Waals surface area contributed by atoms with Crippen molar-refractivity contribution in [1.82, 2.24) is 0 Å². The van der Waals surface area contributed by atoms with Crippen molar-refractivity contribution in [3.05, 3.63) is 42.0 Å². The molecule has 0 aliphatic rings. The molecule has 0 aliphatic carbocycles. The predicted molar refractivity (Wildman–Crippen MR) is 65.9 cm³/mol. The second kappa shape index (κ2) is 4.54. The van der Waals surface area contributed by atoms with Crippen LogP contribution < -0.4 is 4.74 Å². The van der Waals surface area contributed by atoms with Gasteiger partial charge in [0.1, 0.15) is 5.75 Å². The van der Waals surface area contributed by atoms with Crippen LogP contribution in [0.1, 0.15) is 12.5 Å². The van der Waals surface area contributed by atoms with Crippen molar-refractivity contribution in [3.63, 3.8) is 0 Å². The van der Waals surface area contributed by atoms with E-state index in [2.05, 4.69) is 18.2 Å². The van der Waals surface area contributed by atoms with Crippen LogP contribution in [0.2, 0.25) is 0 Å². The summed E-state index contributed by atoms with van der Waals surface area (Å²) in [5.74, 6) is 0.863. The van der Waals surface area contributed by atoms with E-state index in [4.69, 9.17) is 4.74 Å². The lowest BCUT2D eigenvalue weighted by Crippen LogP contribution is -2.03. The third kappa shape index (κ3) is 2.34. The molecule has 0 amide bonds. The quantitative estimate of drug-likeness (QED) is 0.854. The summed E-state index contributed by atoms with van der Waals surface area (Å²) in [7, 11) is 1.67.